The fourth-order valence-corrected chi connectivity index (χ4v) is 4.87. The molecule has 0 saturated carbocycles. The molecule has 3 aliphatic rings. The second kappa shape index (κ2) is 14.1. The fraction of sp³-hybridized carbons (Fsp3) is 0.517. The predicted octanol–water partition coefficient (Wildman–Crippen LogP) is 3.52. The van der Waals surface area contributed by atoms with Gasteiger partial charge in [0, 0.05) is 51.1 Å². The summed E-state index contributed by atoms with van der Waals surface area (Å²) in [5.41, 5.74) is 0.937. The monoisotopic (exact) mass is 497 g/mol. The fourth-order valence-electron chi connectivity index (χ4n) is 4.87. The molecule has 1 aliphatic carbocycles. The SMILES string of the molecule is CC(NC(=O)C1(c2cccc(OCC3CCOCC3)c2)CCOCC1)C1C=CC=C(C=O)C=C1.CO. The molecule has 2 unspecified atom stereocenters. The van der Waals surface area contributed by atoms with Crippen LogP contribution in [0.5, 0.6) is 5.75 Å². The van der Waals surface area contributed by atoms with Crippen molar-refractivity contribution in [1.82, 2.24) is 5.32 Å². The Morgan fingerprint density at radius 1 is 1.17 bits per heavy atom. The quantitative estimate of drug-likeness (QED) is 0.534. The number of hydrogen-bond donors (Lipinski definition) is 2. The second-order valence-electron chi connectivity index (χ2n) is 9.46. The van der Waals surface area contributed by atoms with Crippen molar-refractivity contribution in [3.8, 4) is 5.75 Å². The summed E-state index contributed by atoms with van der Waals surface area (Å²) in [5, 5.41) is 10.3. The average molecular weight is 498 g/mol. The minimum absolute atomic E-state index is 0.00341. The number of allylic oxidation sites excluding steroid dienone is 4. The molecule has 0 spiro atoms. The van der Waals surface area contributed by atoms with Crippen LogP contribution in [0, 0.1) is 11.8 Å². The van der Waals surface area contributed by atoms with Gasteiger partial charge >= 0.3 is 0 Å². The van der Waals surface area contributed by atoms with E-state index in [1.807, 2.05) is 55.5 Å². The van der Waals surface area contributed by atoms with Crippen molar-refractivity contribution in [3.63, 3.8) is 0 Å². The number of ether oxygens (including phenoxy) is 3. The molecule has 1 amide bonds. The highest BCUT2D eigenvalue weighted by Gasteiger charge is 2.42. The van der Waals surface area contributed by atoms with Crippen LogP contribution in [0.3, 0.4) is 0 Å². The van der Waals surface area contributed by atoms with E-state index in [0.717, 1.165) is 50.8 Å². The van der Waals surface area contributed by atoms with Gasteiger partial charge in [-0.15, -0.1) is 0 Å². The van der Waals surface area contributed by atoms with Crippen LogP contribution < -0.4 is 10.1 Å². The molecule has 196 valence electrons. The molecule has 0 radical (unpaired) electrons. The predicted molar refractivity (Wildman–Crippen MR) is 139 cm³/mol. The Hall–Kier alpha value is -2.74. The summed E-state index contributed by atoms with van der Waals surface area (Å²) in [7, 11) is 1.00. The molecule has 0 bridgehead atoms. The van der Waals surface area contributed by atoms with Crippen molar-refractivity contribution in [2.24, 2.45) is 11.8 Å². The van der Waals surface area contributed by atoms with Crippen LogP contribution in [0.2, 0.25) is 0 Å². The highest BCUT2D eigenvalue weighted by molar-refractivity contribution is 5.89. The van der Waals surface area contributed by atoms with Gasteiger partial charge in [-0.25, -0.2) is 0 Å². The molecule has 7 heteroatoms. The van der Waals surface area contributed by atoms with Crippen molar-refractivity contribution in [2.75, 3.05) is 40.1 Å². The maximum Gasteiger partial charge on any atom is 0.231 e. The maximum absolute atomic E-state index is 13.8. The third-order valence-electron chi connectivity index (χ3n) is 7.20. The first kappa shape index (κ1) is 27.8. The molecule has 1 aromatic rings. The van der Waals surface area contributed by atoms with Gasteiger partial charge in [0.15, 0.2) is 0 Å². The van der Waals surface area contributed by atoms with E-state index in [9.17, 15) is 9.59 Å². The van der Waals surface area contributed by atoms with E-state index < -0.39 is 5.41 Å². The van der Waals surface area contributed by atoms with E-state index in [1.165, 1.54) is 0 Å². The number of aliphatic hydroxyl groups is 1. The highest BCUT2D eigenvalue weighted by atomic mass is 16.5. The van der Waals surface area contributed by atoms with Gasteiger partial charge in [0.2, 0.25) is 5.91 Å². The van der Waals surface area contributed by atoms with Gasteiger partial charge in [-0.05, 0) is 56.2 Å². The Kier molecular flexibility index (Phi) is 10.9. The van der Waals surface area contributed by atoms with Gasteiger partial charge in [0.05, 0.1) is 12.0 Å². The lowest BCUT2D eigenvalue weighted by Crippen LogP contribution is -2.51. The van der Waals surface area contributed by atoms with Gasteiger partial charge in [0.1, 0.15) is 12.0 Å². The van der Waals surface area contributed by atoms with Crippen LogP contribution >= 0.6 is 0 Å². The normalized spacial score (nSPS) is 22.3. The summed E-state index contributed by atoms with van der Waals surface area (Å²) in [4.78, 5) is 24.8. The molecule has 2 N–H and O–H groups in total. The summed E-state index contributed by atoms with van der Waals surface area (Å²) in [6, 6.07) is 7.89. The summed E-state index contributed by atoms with van der Waals surface area (Å²) in [6.07, 6.45) is 13.6. The Labute approximate surface area is 214 Å². The van der Waals surface area contributed by atoms with Crippen molar-refractivity contribution >= 4 is 12.2 Å². The van der Waals surface area contributed by atoms with Crippen LogP contribution in [0.25, 0.3) is 0 Å². The van der Waals surface area contributed by atoms with Crippen LogP contribution in [0.4, 0.5) is 0 Å². The van der Waals surface area contributed by atoms with E-state index >= 15 is 0 Å². The third-order valence-corrected chi connectivity index (χ3v) is 7.20. The molecule has 2 fully saturated rings. The van der Waals surface area contributed by atoms with Crippen molar-refractivity contribution in [1.29, 1.82) is 0 Å². The Morgan fingerprint density at radius 3 is 2.61 bits per heavy atom. The largest absolute Gasteiger partial charge is 0.493 e. The number of rotatable bonds is 8. The minimum atomic E-state index is -0.658. The molecular weight excluding hydrogens is 458 g/mol. The number of aliphatic hydroxyl groups excluding tert-OH is 1. The van der Waals surface area contributed by atoms with Gasteiger partial charge in [-0.1, -0.05) is 42.5 Å². The van der Waals surface area contributed by atoms with Gasteiger partial charge in [-0.3, -0.25) is 9.59 Å². The summed E-state index contributed by atoms with van der Waals surface area (Å²) in [5.74, 6) is 1.33. The van der Waals surface area contributed by atoms with Gasteiger partial charge < -0.3 is 24.6 Å². The van der Waals surface area contributed by atoms with E-state index in [2.05, 4.69) is 5.32 Å². The van der Waals surface area contributed by atoms with E-state index in [4.69, 9.17) is 19.3 Å². The highest BCUT2D eigenvalue weighted by Crippen LogP contribution is 2.37. The molecule has 2 aliphatic heterocycles. The zero-order valence-electron chi connectivity index (χ0n) is 21.4. The molecular formula is C29H39NO6. The molecule has 0 aromatic heterocycles. The smallest absolute Gasteiger partial charge is 0.231 e. The lowest BCUT2D eigenvalue weighted by Gasteiger charge is -2.38. The molecule has 1 aromatic carbocycles. The number of benzene rings is 1. The lowest BCUT2D eigenvalue weighted by molar-refractivity contribution is -0.131. The first-order chi connectivity index (χ1) is 17.6. The standard InChI is InChI=1S/C28H35NO5.CH4O/c1-21(24-5-2-4-22(19-30)8-9-24)29-27(31)28(12-16-33-17-13-28)25-6-3-7-26(18-25)34-20-23-10-14-32-15-11-23;1-2/h2-9,18-19,21,23-24H,10-17,20H2,1H3,(H,29,31);2H,1H3. The number of amides is 1. The van der Waals surface area contributed by atoms with Gasteiger partial charge in [0.25, 0.3) is 0 Å². The maximum atomic E-state index is 13.8. The van der Waals surface area contributed by atoms with Crippen molar-refractivity contribution in [2.45, 2.75) is 44.1 Å². The molecule has 2 saturated heterocycles. The van der Waals surface area contributed by atoms with Crippen molar-refractivity contribution < 1.29 is 28.9 Å². The van der Waals surface area contributed by atoms with E-state index in [0.29, 0.717) is 44.2 Å². The first-order valence-corrected chi connectivity index (χ1v) is 12.8. The number of carbonyl (C=O) groups excluding carboxylic acids is 2. The number of carbonyl (C=O) groups is 2. The lowest BCUT2D eigenvalue weighted by atomic mass is 9.73. The summed E-state index contributed by atoms with van der Waals surface area (Å²) >= 11 is 0. The molecule has 36 heavy (non-hydrogen) atoms. The zero-order chi connectivity index (χ0) is 25.8. The molecule has 2 atom stereocenters. The van der Waals surface area contributed by atoms with Crippen LogP contribution in [0.1, 0.15) is 38.2 Å². The number of aldehydes is 1. The Balaban J connectivity index is 0.00000176. The summed E-state index contributed by atoms with van der Waals surface area (Å²) < 4.78 is 17.2. The zero-order valence-corrected chi connectivity index (χ0v) is 21.4. The Morgan fingerprint density at radius 2 is 1.89 bits per heavy atom. The average Bonchev–Trinajstić information content (AvgIpc) is 3.20. The first-order valence-electron chi connectivity index (χ1n) is 12.8. The van der Waals surface area contributed by atoms with Crippen LogP contribution in [0.15, 0.2) is 60.2 Å². The van der Waals surface area contributed by atoms with E-state index in [-0.39, 0.29) is 17.9 Å². The number of nitrogens with one attached hydrogen (secondary N) is 1. The topological polar surface area (TPSA) is 94.1 Å². The van der Waals surface area contributed by atoms with Gasteiger partial charge in [-0.2, -0.15) is 0 Å². The molecule has 2 heterocycles. The second-order valence-corrected chi connectivity index (χ2v) is 9.46. The van der Waals surface area contributed by atoms with Crippen molar-refractivity contribution in [3.05, 3.63) is 65.8 Å². The van der Waals surface area contributed by atoms with Crippen LogP contribution in [-0.2, 0) is 24.5 Å². The molecule has 4 rings (SSSR count). The third kappa shape index (κ3) is 7.15. The number of hydrogen-bond acceptors (Lipinski definition) is 6. The van der Waals surface area contributed by atoms with Crippen LogP contribution in [-0.4, -0.2) is 63.5 Å². The summed E-state index contributed by atoms with van der Waals surface area (Å²) in [6.45, 7) is 5.36. The van der Waals surface area contributed by atoms with E-state index in [1.54, 1.807) is 6.08 Å². The minimum Gasteiger partial charge on any atom is -0.493 e. The molecule has 7 nitrogen and oxygen atoms in total. The Bertz CT molecular complexity index is 941.